The number of carbonyl (C=O) groups is 14. The summed E-state index contributed by atoms with van der Waals surface area (Å²) in [5, 5.41) is 25.1. The molecule has 0 aromatic carbocycles. The van der Waals surface area contributed by atoms with E-state index in [0.717, 1.165) is 34.1 Å². The molecule has 0 spiro atoms. The highest BCUT2D eigenvalue weighted by Gasteiger charge is 2.44. The summed E-state index contributed by atoms with van der Waals surface area (Å²) in [5.74, 6) is -12.2. The summed E-state index contributed by atoms with van der Waals surface area (Å²) >= 11 is 0. The SMILES string of the molecule is CCCC1NC(=O)[C@@H]2CC(C)CN2C(=O)C(NC=O)CNC(=O)[C@@H](CSSC[C@H]2NC(=O)c3coc(n3)[C@H](C)NC(=O)C(=O)C(CCC)NC(=O)[C@@H]3CC(C)CN3C(=O)C(NC=O)CNC2=O)NC(=O)c2coc(n2)[C@H](C)NC(=O)C1=O. The molecule has 30 nitrogen and oxygen atoms in total. The van der Waals surface area contributed by atoms with E-state index < -0.39 is 144 Å². The van der Waals surface area contributed by atoms with Crippen molar-refractivity contribution in [2.24, 2.45) is 11.8 Å². The molecule has 2 aromatic rings. The lowest BCUT2D eigenvalue weighted by Crippen LogP contribution is -2.58. The van der Waals surface area contributed by atoms with Crippen LogP contribution in [-0.2, 0) is 57.5 Å². The van der Waals surface area contributed by atoms with Crippen LogP contribution in [0.5, 0.6) is 0 Å². The van der Waals surface area contributed by atoms with Gasteiger partial charge >= 0.3 is 0 Å². The molecule has 6 heterocycles. The molecule has 82 heavy (non-hydrogen) atoms. The van der Waals surface area contributed by atoms with Crippen LogP contribution in [0.4, 0.5) is 0 Å². The monoisotopic (exact) mass is 1180 g/mol. The van der Waals surface area contributed by atoms with E-state index in [1.807, 2.05) is 0 Å². The average molecular weight is 1190 g/mol. The molecule has 2 saturated heterocycles. The number of Topliss-reactive ketones (excluding diaryl/α,β-unsaturated/α-hetero) is 2. The van der Waals surface area contributed by atoms with Gasteiger partial charge in [-0.3, -0.25) is 67.1 Å². The standard InChI is InChI=1S/C50H68N14O16S2/c1-7-9-27-37(67)45(75)55-25(5)47-61-31(17-79-47)41(71)59-33(39(69)51-13-29(53-21-65)49(77)63-15-23(3)11-35(63)43(73)57-27)19-81-82-20-34-40(70)52-14-30(54-22-66)50(78)64-16-24(4)12-36(64)44(74)58-28(10-8-2)38(68)46(76)56-26(6)48-62-32(18-80-48)42(72)60-34/h17-18,21-30,33-36H,7-16,19-20H2,1-6H3,(H,51,69)(H,52,70)(H,53,65)(H,54,66)(H,55,75)(H,56,76)(H,57,73)(H,58,74)(H,59,71)(H,60,72)/t23?,24?,25-,26-,27?,28?,29?,30?,33+,34+,35-,36-/m0/s1. The van der Waals surface area contributed by atoms with Crippen molar-refractivity contribution in [3.63, 3.8) is 0 Å². The van der Waals surface area contributed by atoms with Crippen LogP contribution in [0.3, 0.4) is 0 Å². The molecule has 4 bridgehead atoms. The van der Waals surface area contributed by atoms with E-state index in [0.29, 0.717) is 12.8 Å². The number of carbonyl (C=O) groups excluding carboxylic acids is 14. The van der Waals surface area contributed by atoms with Crippen LogP contribution >= 0.6 is 21.6 Å². The normalized spacial score (nSPS) is 28.9. The van der Waals surface area contributed by atoms with Gasteiger partial charge in [-0.25, -0.2) is 9.97 Å². The molecule has 446 valence electrons. The third-order valence-electron chi connectivity index (χ3n) is 13.9. The fourth-order valence-corrected chi connectivity index (χ4v) is 11.9. The zero-order valence-electron chi connectivity index (χ0n) is 45.9. The number of aromatic nitrogens is 2. The van der Waals surface area contributed by atoms with E-state index in [2.05, 4.69) is 63.1 Å². The summed E-state index contributed by atoms with van der Waals surface area (Å²) in [6.45, 7) is 8.94. The predicted octanol–water partition coefficient (Wildman–Crippen LogP) is -3.03. The van der Waals surface area contributed by atoms with Crippen LogP contribution in [0, 0.1) is 11.8 Å². The number of hydrogen-bond acceptors (Lipinski definition) is 20. The Morgan fingerprint density at radius 1 is 0.537 bits per heavy atom. The highest BCUT2D eigenvalue weighted by atomic mass is 33.1. The fraction of sp³-hybridized carbons (Fsp3) is 0.600. The smallest absolute Gasteiger partial charge is 0.290 e. The summed E-state index contributed by atoms with van der Waals surface area (Å²) in [4.78, 5) is 200. The Morgan fingerprint density at radius 2 is 0.915 bits per heavy atom. The van der Waals surface area contributed by atoms with Gasteiger partial charge in [-0.2, -0.15) is 0 Å². The molecule has 6 rings (SSSR count). The number of fused-ring (bicyclic) bond motifs is 6. The van der Waals surface area contributed by atoms with Crippen molar-refractivity contribution >= 4 is 105 Å². The first-order valence-electron chi connectivity index (χ1n) is 26.7. The number of nitrogens with one attached hydrogen (secondary N) is 10. The molecule has 2 fully saturated rings. The molecule has 0 saturated carbocycles. The van der Waals surface area contributed by atoms with Gasteiger partial charge in [0.2, 0.25) is 71.6 Å². The van der Waals surface area contributed by atoms with Crippen LogP contribution in [-0.4, -0.2) is 189 Å². The topological polar surface area (TPSA) is 418 Å². The van der Waals surface area contributed by atoms with Gasteiger partial charge in [-0.05, 0) is 51.4 Å². The first kappa shape index (κ1) is 63.3. The molecule has 6 unspecified atom stereocenters. The largest absolute Gasteiger partial charge is 0.446 e. The minimum atomic E-state index is -1.48. The maximum absolute atomic E-state index is 14.1. The number of oxazole rings is 2. The summed E-state index contributed by atoms with van der Waals surface area (Å²) in [6, 6.07) is -12.8. The van der Waals surface area contributed by atoms with Gasteiger partial charge in [-0.15, -0.1) is 0 Å². The second-order valence-corrected chi connectivity index (χ2v) is 23.0. The van der Waals surface area contributed by atoms with Gasteiger partial charge in [0.05, 0.1) is 12.1 Å². The Balaban J connectivity index is 1.25. The quantitative estimate of drug-likeness (QED) is 0.0413. The molecule has 4 aliphatic heterocycles. The van der Waals surface area contributed by atoms with E-state index in [1.165, 1.54) is 23.6 Å². The predicted molar refractivity (Wildman–Crippen MR) is 288 cm³/mol. The maximum Gasteiger partial charge on any atom is 0.290 e. The van der Waals surface area contributed by atoms with E-state index in [9.17, 15) is 67.1 Å². The van der Waals surface area contributed by atoms with Crippen LogP contribution in [0.1, 0.15) is 125 Å². The minimum Gasteiger partial charge on any atom is -0.446 e. The molecule has 0 radical (unpaired) electrons. The van der Waals surface area contributed by atoms with Crippen molar-refractivity contribution in [2.75, 3.05) is 37.7 Å². The van der Waals surface area contributed by atoms with E-state index >= 15 is 0 Å². The Hall–Kier alpha value is -7.90. The molecule has 32 heteroatoms. The van der Waals surface area contributed by atoms with Gasteiger partial charge in [0.25, 0.3) is 23.6 Å². The molecule has 2 aromatic heterocycles. The molecular formula is C50H68N14O16S2. The molecule has 12 amide bonds. The molecule has 12 atom stereocenters. The third kappa shape index (κ3) is 16.0. The summed E-state index contributed by atoms with van der Waals surface area (Å²) in [5.41, 5.74) is -0.728. The number of rotatable bonds is 13. The fourth-order valence-electron chi connectivity index (χ4n) is 9.60. The Morgan fingerprint density at radius 3 is 1.27 bits per heavy atom. The van der Waals surface area contributed by atoms with Crippen molar-refractivity contribution in [1.29, 1.82) is 0 Å². The van der Waals surface area contributed by atoms with Crippen LogP contribution in [0.15, 0.2) is 21.4 Å². The lowest BCUT2D eigenvalue weighted by atomic mass is 10.0. The lowest BCUT2D eigenvalue weighted by Gasteiger charge is -2.29. The zero-order chi connectivity index (χ0) is 59.9. The summed E-state index contributed by atoms with van der Waals surface area (Å²) in [7, 11) is 1.84. The van der Waals surface area contributed by atoms with Crippen molar-refractivity contribution in [3.05, 3.63) is 35.7 Å². The van der Waals surface area contributed by atoms with Crippen LogP contribution in [0.25, 0.3) is 0 Å². The zero-order valence-corrected chi connectivity index (χ0v) is 47.5. The molecule has 4 aliphatic rings. The number of ketones is 2. The van der Waals surface area contributed by atoms with Crippen LogP contribution < -0.4 is 53.2 Å². The van der Waals surface area contributed by atoms with Crippen molar-refractivity contribution in [3.8, 4) is 0 Å². The minimum absolute atomic E-state index is 0.0591. The molecule has 0 aliphatic carbocycles. The van der Waals surface area contributed by atoms with Crippen LogP contribution in [0.2, 0.25) is 0 Å². The Kier molecular flexibility index (Phi) is 22.5. The van der Waals surface area contributed by atoms with Gasteiger partial charge in [0.15, 0.2) is 11.4 Å². The van der Waals surface area contributed by atoms with Gasteiger partial charge < -0.3 is 71.8 Å². The second-order valence-electron chi connectivity index (χ2n) is 20.4. The van der Waals surface area contributed by atoms with Crippen molar-refractivity contribution < 1.29 is 76.0 Å². The number of amides is 12. The molecular weight excluding hydrogens is 1120 g/mol. The Bertz CT molecular complexity index is 2590. The first-order valence-corrected chi connectivity index (χ1v) is 29.2. The average Bonchev–Trinajstić information content (AvgIpc) is 4.49. The van der Waals surface area contributed by atoms with Gasteiger partial charge in [-0.1, -0.05) is 62.1 Å². The highest BCUT2D eigenvalue weighted by Crippen LogP contribution is 2.27. The number of hydrogen-bond donors (Lipinski definition) is 10. The molecule has 10 N–H and O–H groups in total. The highest BCUT2D eigenvalue weighted by molar-refractivity contribution is 8.76. The second kappa shape index (κ2) is 29.2. The summed E-state index contributed by atoms with van der Waals surface area (Å²) in [6.07, 6.45) is 3.59. The van der Waals surface area contributed by atoms with E-state index in [1.54, 1.807) is 27.7 Å². The van der Waals surface area contributed by atoms with Gasteiger partial charge in [0.1, 0.15) is 60.9 Å². The third-order valence-corrected chi connectivity index (χ3v) is 16.3. The lowest BCUT2D eigenvalue weighted by molar-refractivity contribution is -0.143. The van der Waals surface area contributed by atoms with Crippen molar-refractivity contribution in [1.82, 2.24) is 72.9 Å². The van der Waals surface area contributed by atoms with E-state index in [4.69, 9.17) is 8.83 Å². The first-order chi connectivity index (χ1) is 39.1. The summed E-state index contributed by atoms with van der Waals surface area (Å²) < 4.78 is 11.0. The van der Waals surface area contributed by atoms with Crippen molar-refractivity contribution in [2.45, 2.75) is 140 Å². The van der Waals surface area contributed by atoms with Gasteiger partial charge in [0, 0.05) is 37.7 Å². The Labute approximate surface area is 477 Å². The van der Waals surface area contributed by atoms with E-state index in [-0.39, 0.29) is 98.1 Å². The number of nitrogens with zero attached hydrogens (tertiary/aromatic N) is 4. The maximum atomic E-state index is 14.1.